The first-order chi connectivity index (χ1) is 33.3. The van der Waals surface area contributed by atoms with Gasteiger partial charge in [-0.25, -0.2) is 0 Å². The quantitative estimate of drug-likeness (QED) is 0.0694. The number of anilines is 2. The Balaban J connectivity index is 0.000000196. The van der Waals surface area contributed by atoms with Gasteiger partial charge in [0.25, 0.3) is 11.8 Å². The molecular formula is C44H48Cl2N14O7S2. The number of aliphatic hydroxyl groups is 1. The molecular weight excluding hydrogens is 972 g/mol. The first-order valence-electron chi connectivity index (χ1n) is 21.3. The number of hydrogen-bond acceptors (Lipinski definition) is 19. The number of rotatable bonds is 16. The number of thiophene rings is 2. The van der Waals surface area contributed by atoms with Crippen molar-refractivity contribution in [2.45, 2.75) is 65.7 Å². The normalized spacial score (nSPS) is 13.4. The lowest BCUT2D eigenvalue weighted by Gasteiger charge is -2.22. The summed E-state index contributed by atoms with van der Waals surface area (Å²) < 4.78 is 26.5. The molecule has 1 fully saturated rings. The molecule has 1 unspecified atom stereocenters. The van der Waals surface area contributed by atoms with E-state index in [4.69, 9.17) is 70.2 Å². The summed E-state index contributed by atoms with van der Waals surface area (Å²) in [7, 11) is 0. The van der Waals surface area contributed by atoms with Crippen LogP contribution in [0.4, 0.5) is 11.4 Å². The van der Waals surface area contributed by atoms with E-state index in [1.807, 2.05) is 50.4 Å². The maximum absolute atomic E-state index is 11.9. The van der Waals surface area contributed by atoms with Gasteiger partial charge in [-0.2, -0.15) is 30.1 Å². The number of carbonyl (C=O) groups excluding carboxylic acids is 2. The maximum atomic E-state index is 11.9. The predicted octanol–water partition coefficient (Wildman–Crippen LogP) is 5.99. The van der Waals surface area contributed by atoms with E-state index in [0.717, 1.165) is 71.1 Å². The first kappa shape index (κ1) is 50.3. The molecule has 8 aromatic rings. The van der Waals surface area contributed by atoms with E-state index in [0.29, 0.717) is 62.9 Å². The van der Waals surface area contributed by atoms with E-state index in [1.165, 1.54) is 0 Å². The number of alkyl halides is 2. The van der Waals surface area contributed by atoms with E-state index in [1.54, 1.807) is 34.0 Å². The van der Waals surface area contributed by atoms with Gasteiger partial charge in [0.1, 0.15) is 44.0 Å². The Morgan fingerprint density at radius 3 is 1.68 bits per heavy atom. The van der Waals surface area contributed by atoms with Crippen LogP contribution in [0.15, 0.2) is 61.2 Å². The summed E-state index contributed by atoms with van der Waals surface area (Å²) in [6.45, 7) is 6.42. The van der Waals surface area contributed by atoms with Crippen LogP contribution in [0.5, 0.6) is 12.0 Å². The third-order valence-electron chi connectivity index (χ3n) is 10.0. The van der Waals surface area contributed by atoms with Crippen molar-refractivity contribution in [3.63, 3.8) is 0 Å². The van der Waals surface area contributed by atoms with E-state index in [9.17, 15) is 9.59 Å². The SMILES string of the molecule is Cc1cccc(-c2nc(OCc3cnn(CCO)c3)nc3sc(C(N)=O)c(N)c23)n1.Cc1cccc(-c2nc(OCc3cnn(CCOC4CCCCO4)c3)nc3sc(C(N)=O)c(N)c23)n1.ClCCl. The third-order valence-corrected chi connectivity index (χ3v) is 12.3. The van der Waals surface area contributed by atoms with Gasteiger partial charge in [0.15, 0.2) is 6.29 Å². The van der Waals surface area contributed by atoms with Crippen molar-refractivity contribution in [1.82, 2.24) is 49.5 Å². The molecule has 1 saturated heterocycles. The molecule has 0 bridgehead atoms. The molecule has 9 N–H and O–H groups in total. The second kappa shape index (κ2) is 23.6. The van der Waals surface area contributed by atoms with Crippen LogP contribution in [0, 0.1) is 13.8 Å². The van der Waals surface area contributed by atoms with Crippen molar-refractivity contribution in [2.75, 3.05) is 36.6 Å². The molecule has 0 aromatic carbocycles. The summed E-state index contributed by atoms with van der Waals surface area (Å²) in [4.78, 5) is 52.2. The zero-order valence-electron chi connectivity index (χ0n) is 37.4. The van der Waals surface area contributed by atoms with E-state index < -0.39 is 11.8 Å². The van der Waals surface area contributed by atoms with Crippen LogP contribution in [0.2, 0.25) is 0 Å². The second-order valence-corrected chi connectivity index (χ2v) is 17.9. The number of nitrogens with zero attached hydrogens (tertiary/aromatic N) is 10. The molecule has 25 heteroatoms. The molecule has 1 aliphatic heterocycles. The van der Waals surface area contributed by atoms with Gasteiger partial charge in [-0.15, -0.1) is 45.9 Å². The number of nitrogens with two attached hydrogens (primary N) is 4. The highest BCUT2D eigenvalue weighted by atomic mass is 35.5. The number of hydrogen-bond donors (Lipinski definition) is 5. The monoisotopic (exact) mass is 1020 g/mol. The summed E-state index contributed by atoms with van der Waals surface area (Å²) in [5, 5.41) is 18.8. The number of amides is 2. The molecule has 1 atom stereocenters. The Morgan fingerprint density at radius 1 is 0.754 bits per heavy atom. The van der Waals surface area contributed by atoms with Crippen LogP contribution in [0.25, 0.3) is 43.2 Å². The van der Waals surface area contributed by atoms with Crippen molar-refractivity contribution < 1.29 is 33.6 Å². The van der Waals surface area contributed by atoms with Crippen LogP contribution in [0.1, 0.15) is 61.1 Å². The minimum atomic E-state index is -0.627. The molecule has 8 aromatic heterocycles. The number of aliphatic hydroxyl groups excluding tert-OH is 1. The lowest BCUT2D eigenvalue weighted by atomic mass is 10.1. The fourth-order valence-corrected chi connectivity index (χ4v) is 8.82. The lowest BCUT2D eigenvalue weighted by Crippen LogP contribution is -2.24. The molecule has 0 saturated carbocycles. The standard InChI is InChI=1S/C24H27N7O4S.C19H19N7O3S.CH2Cl2/c1-14-5-4-6-16(28-14)20-18-19(25)21(22(26)32)36-23(18)30-24(29-20)35-13-15-11-27-31(12-15)8-10-34-17-7-2-3-9-33-17;1-10-3-2-4-12(23-10)15-13-14(20)16(17(21)28)30-18(13)25-19(24-15)29-9-11-7-22-26(8-11)5-6-27;2-1-3/h4-6,11-12,17H,2-3,7-10,13,25H2,1H3,(H2,26,32);2-4,7-8,27H,5-6,9,20H2,1H3,(H2,21,28);1H2. The van der Waals surface area contributed by atoms with Crippen molar-refractivity contribution in [3.8, 4) is 34.8 Å². The highest BCUT2D eigenvalue weighted by Crippen LogP contribution is 2.40. The summed E-state index contributed by atoms with van der Waals surface area (Å²) in [5.41, 5.74) is 29.3. The number of fused-ring (bicyclic) bond motifs is 2. The topological polar surface area (TPSA) is 308 Å². The molecule has 1 aliphatic rings. The van der Waals surface area contributed by atoms with E-state index >= 15 is 0 Å². The molecule has 9 rings (SSSR count). The third kappa shape index (κ3) is 12.7. The second-order valence-electron chi connectivity index (χ2n) is 15.1. The molecule has 0 radical (unpaired) electrons. The van der Waals surface area contributed by atoms with Gasteiger partial charge in [-0.3, -0.25) is 28.9 Å². The van der Waals surface area contributed by atoms with Gasteiger partial charge in [-0.1, -0.05) is 12.1 Å². The number of nitrogen functional groups attached to an aromatic ring is 2. The molecule has 0 aliphatic carbocycles. The summed E-state index contributed by atoms with van der Waals surface area (Å²) >= 11 is 11.7. The number of ether oxygens (including phenoxy) is 4. The van der Waals surface area contributed by atoms with Crippen molar-refractivity contribution in [2.24, 2.45) is 11.5 Å². The number of halogens is 2. The van der Waals surface area contributed by atoms with Gasteiger partial charge in [0.2, 0.25) is 0 Å². The number of aromatic nitrogens is 10. The Hall–Kier alpha value is -6.60. The Morgan fingerprint density at radius 2 is 1.25 bits per heavy atom. The van der Waals surface area contributed by atoms with Crippen LogP contribution in [-0.2, 0) is 35.8 Å². The van der Waals surface area contributed by atoms with Crippen molar-refractivity contribution in [1.29, 1.82) is 0 Å². The largest absolute Gasteiger partial charge is 0.458 e. The maximum Gasteiger partial charge on any atom is 0.318 e. The Kier molecular flexibility index (Phi) is 17.2. The van der Waals surface area contributed by atoms with Crippen molar-refractivity contribution >= 4 is 89.5 Å². The van der Waals surface area contributed by atoms with Crippen molar-refractivity contribution in [3.05, 3.63) is 93.5 Å². The van der Waals surface area contributed by atoms with Gasteiger partial charge in [0, 0.05) is 41.5 Å². The van der Waals surface area contributed by atoms with Crippen LogP contribution < -0.4 is 32.4 Å². The number of aryl methyl sites for hydroxylation is 2. The average Bonchev–Trinajstić information content (AvgIpc) is 4.14. The van der Waals surface area contributed by atoms with Gasteiger partial charge >= 0.3 is 12.0 Å². The molecule has 69 heavy (non-hydrogen) atoms. The molecule has 2 amide bonds. The summed E-state index contributed by atoms with van der Waals surface area (Å²) in [5.74, 6) is -1.25. The molecule has 9 heterocycles. The van der Waals surface area contributed by atoms with Crippen LogP contribution in [-0.4, -0.2) is 97.8 Å². The number of pyridine rings is 2. The molecule has 0 spiro atoms. The molecule has 21 nitrogen and oxygen atoms in total. The Bertz CT molecular complexity index is 3050. The fraction of sp³-hybridized carbons (Fsp3) is 0.318. The van der Waals surface area contributed by atoms with E-state index in [2.05, 4.69) is 40.1 Å². The minimum absolute atomic E-state index is 0.00337. The minimum Gasteiger partial charge on any atom is -0.458 e. The fourth-order valence-electron chi connectivity index (χ4n) is 6.95. The smallest absolute Gasteiger partial charge is 0.318 e. The zero-order chi connectivity index (χ0) is 49.0. The van der Waals surface area contributed by atoms with Crippen LogP contribution in [0.3, 0.4) is 0 Å². The summed E-state index contributed by atoms with van der Waals surface area (Å²) in [6, 6.07) is 11.4. The number of carbonyl (C=O) groups is 2. The van der Waals surface area contributed by atoms with Gasteiger partial charge in [0.05, 0.1) is 77.6 Å². The van der Waals surface area contributed by atoms with E-state index in [-0.39, 0.29) is 64.6 Å². The zero-order valence-corrected chi connectivity index (χ0v) is 40.5. The van der Waals surface area contributed by atoms with Gasteiger partial charge in [-0.05, 0) is 57.4 Å². The van der Waals surface area contributed by atoms with Gasteiger partial charge < -0.3 is 47.0 Å². The highest BCUT2D eigenvalue weighted by Gasteiger charge is 2.24. The first-order valence-corrected chi connectivity index (χ1v) is 24.0. The Labute approximate surface area is 412 Å². The summed E-state index contributed by atoms with van der Waals surface area (Å²) in [6.07, 6.45) is 10.1. The average molecular weight is 1020 g/mol. The predicted molar refractivity (Wildman–Crippen MR) is 263 cm³/mol. The van der Waals surface area contributed by atoms with Crippen LogP contribution >= 0.6 is 45.9 Å². The lowest BCUT2D eigenvalue weighted by molar-refractivity contribution is -0.163. The highest BCUT2D eigenvalue weighted by molar-refractivity contribution is 7.21. The molecule has 362 valence electrons. The number of primary amides is 2.